The van der Waals surface area contributed by atoms with Crippen LogP contribution in [-0.4, -0.2) is 26.4 Å². The Morgan fingerprint density at radius 3 is 3.05 bits per heavy atom. The van der Waals surface area contributed by atoms with E-state index in [1.54, 1.807) is 10.6 Å². The van der Waals surface area contributed by atoms with Gasteiger partial charge in [0.15, 0.2) is 11.5 Å². The summed E-state index contributed by atoms with van der Waals surface area (Å²) >= 11 is 5.96. The number of rotatable bonds is 2. The van der Waals surface area contributed by atoms with Crippen molar-refractivity contribution in [3.8, 4) is 11.5 Å². The molecule has 0 atom stereocenters. The van der Waals surface area contributed by atoms with Gasteiger partial charge < -0.3 is 14.8 Å². The number of hydrogen-bond donors (Lipinski definition) is 1. The van der Waals surface area contributed by atoms with Gasteiger partial charge >= 0.3 is 0 Å². The van der Waals surface area contributed by atoms with Crippen LogP contribution in [0, 0.1) is 0 Å². The van der Waals surface area contributed by atoms with Gasteiger partial charge in [-0.3, -0.25) is 0 Å². The van der Waals surface area contributed by atoms with Crippen molar-refractivity contribution in [1.82, 2.24) is 19.6 Å². The summed E-state index contributed by atoms with van der Waals surface area (Å²) in [7, 11) is 0. The molecule has 8 heteroatoms. The Bertz CT molecular complexity index is 804. The number of benzene rings is 1. The van der Waals surface area contributed by atoms with Crippen LogP contribution in [0.1, 0.15) is 0 Å². The molecule has 0 saturated heterocycles. The lowest BCUT2D eigenvalue weighted by atomic mass is 10.3. The number of ether oxygens (including phenoxy) is 2. The first-order valence-corrected chi connectivity index (χ1v) is 6.20. The van der Waals surface area contributed by atoms with E-state index in [2.05, 4.69) is 20.4 Å². The van der Waals surface area contributed by atoms with Crippen molar-refractivity contribution in [3.63, 3.8) is 0 Å². The van der Waals surface area contributed by atoms with Crippen LogP contribution in [0.2, 0.25) is 5.15 Å². The minimum Gasteiger partial charge on any atom is -0.454 e. The fourth-order valence-electron chi connectivity index (χ4n) is 1.99. The molecule has 0 fully saturated rings. The first-order chi connectivity index (χ1) is 9.79. The molecule has 4 rings (SSSR count). The Balaban J connectivity index is 1.75. The molecule has 20 heavy (non-hydrogen) atoms. The average Bonchev–Trinajstić information content (AvgIpc) is 3.05. The molecule has 1 aliphatic heterocycles. The van der Waals surface area contributed by atoms with Crippen LogP contribution >= 0.6 is 11.6 Å². The fourth-order valence-corrected chi connectivity index (χ4v) is 2.17. The lowest BCUT2D eigenvalue weighted by Crippen LogP contribution is -2.01. The molecule has 2 aromatic heterocycles. The summed E-state index contributed by atoms with van der Waals surface area (Å²) in [5.74, 6) is 2.52. The zero-order valence-corrected chi connectivity index (χ0v) is 10.8. The summed E-state index contributed by atoms with van der Waals surface area (Å²) in [5, 5.41) is 7.64. The first-order valence-electron chi connectivity index (χ1n) is 5.82. The van der Waals surface area contributed by atoms with Gasteiger partial charge in [0, 0.05) is 17.8 Å². The van der Waals surface area contributed by atoms with Gasteiger partial charge in [-0.2, -0.15) is 19.6 Å². The second kappa shape index (κ2) is 4.24. The zero-order chi connectivity index (χ0) is 13.5. The summed E-state index contributed by atoms with van der Waals surface area (Å²) in [6.45, 7) is 0.243. The van der Waals surface area contributed by atoms with E-state index in [9.17, 15) is 0 Å². The summed E-state index contributed by atoms with van der Waals surface area (Å²) < 4.78 is 12.2. The quantitative estimate of drug-likeness (QED) is 0.730. The number of hydrogen-bond acceptors (Lipinski definition) is 6. The van der Waals surface area contributed by atoms with Crippen molar-refractivity contribution in [2.24, 2.45) is 0 Å². The van der Waals surface area contributed by atoms with Crippen LogP contribution in [0.25, 0.3) is 5.78 Å². The third kappa shape index (κ3) is 1.79. The molecule has 0 spiro atoms. The summed E-state index contributed by atoms with van der Waals surface area (Å²) in [5.41, 5.74) is 0.827. The Kier molecular flexibility index (Phi) is 2.40. The third-order valence-corrected chi connectivity index (χ3v) is 3.06. The van der Waals surface area contributed by atoms with Crippen molar-refractivity contribution >= 4 is 28.9 Å². The Labute approximate surface area is 118 Å². The number of nitrogens with zero attached hydrogens (tertiary/aromatic N) is 4. The molecule has 1 aliphatic rings. The number of fused-ring (bicyclic) bond motifs is 2. The maximum absolute atomic E-state index is 5.96. The van der Waals surface area contributed by atoms with Crippen LogP contribution in [-0.2, 0) is 0 Å². The smallest absolute Gasteiger partial charge is 0.255 e. The van der Waals surface area contributed by atoms with E-state index >= 15 is 0 Å². The zero-order valence-electron chi connectivity index (χ0n) is 10.1. The SMILES string of the molecule is Clc1cc(Nc2ccc3c(c2)OCO3)n2ncnc2n1. The van der Waals surface area contributed by atoms with Crippen molar-refractivity contribution in [1.29, 1.82) is 0 Å². The number of halogens is 1. The average molecular weight is 290 g/mol. The van der Waals surface area contributed by atoms with E-state index in [-0.39, 0.29) is 6.79 Å². The lowest BCUT2D eigenvalue weighted by Gasteiger charge is -2.08. The molecule has 0 saturated carbocycles. The maximum atomic E-state index is 5.96. The van der Waals surface area contributed by atoms with Gasteiger partial charge in [0.25, 0.3) is 5.78 Å². The molecule has 0 aliphatic carbocycles. The fraction of sp³-hybridized carbons (Fsp3) is 0.0833. The molecule has 0 amide bonds. The topological polar surface area (TPSA) is 73.6 Å². The molecular formula is C12H8ClN5O2. The molecule has 3 aromatic rings. The van der Waals surface area contributed by atoms with Crippen molar-refractivity contribution in [2.45, 2.75) is 0 Å². The van der Waals surface area contributed by atoms with Crippen LogP contribution < -0.4 is 14.8 Å². The Morgan fingerprint density at radius 1 is 1.20 bits per heavy atom. The van der Waals surface area contributed by atoms with Crippen LogP contribution in [0.5, 0.6) is 11.5 Å². The highest BCUT2D eigenvalue weighted by Crippen LogP contribution is 2.35. The maximum Gasteiger partial charge on any atom is 0.255 e. The highest BCUT2D eigenvalue weighted by Gasteiger charge is 2.14. The minimum atomic E-state index is 0.243. The molecule has 1 aromatic carbocycles. The molecule has 1 N–H and O–H groups in total. The summed E-state index contributed by atoms with van der Waals surface area (Å²) in [6.07, 6.45) is 1.42. The van der Waals surface area contributed by atoms with Crippen LogP contribution in [0.3, 0.4) is 0 Å². The van der Waals surface area contributed by atoms with Gasteiger partial charge in [-0.25, -0.2) is 0 Å². The standard InChI is InChI=1S/C12H8ClN5O2/c13-10-4-11(18-12(17-10)14-5-15-18)16-7-1-2-8-9(3-7)20-6-19-8/h1-5,16H,6H2. The molecular weight excluding hydrogens is 282 g/mol. The molecule has 7 nitrogen and oxygen atoms in total. The predicted octanol–water partition coefficient (Wildman–Crippen LogP) is 2.25. The Morgan fingerprint density at radius 2 is 2.10 bits per heavy atom. The minimum absolute atomic E-state index is 0.243. The van der Waals surface area contributed by atoms with Gasteiger partial charge in [0.05, 0.1) is 0 Å². The summed E-state index contributed by atoms with van der Waals surface area (Å²) in [4.78, 5) is 8.08. The highest BCUT2D eigenvalue weighted by atomic mass is 35.5. The normalized spacial score (nSPS) is 12.8. The van der Waals surface area contributed by atoms with Crippen molar-refractivity contribution in [3.05, 3.63) is 35.7 Å². The number of anilines is 2. The van der Waals surface area contributed by atoms with Gasteiger partial charge in [0.2, 0.25) is 6.79 Å². The van der Waals surface area contributed by atoms with E-state index in [1.807, 2.05) is 18.2 Å². The largest absolute Gasteiger partial charge is 0.454 e. The van der Waals surface area contributed by atoms with Gasteiger partial charge in [-0.1, -0.05) is 11.6 Å². The van der Waals surface area contributed by atoms with E-state index in [0.29, 0.717) is 22.5 Å². The van der Waals surface area contributed by atoms with Gasteiger partial charge in [-0.15, -0.1) is 0 Å². The molecule has 0 bridgehead atoms. The molecule has 100 valence electrons. The van der Waals surface area contributed by atoms with E-state index in [0.717, 1.165) is 11.4 Å². The van der Waals surface area contributed by atoms with E-state index < -0.39 is 0 Å². The first kappa shape index (κ1) is 11.3. The highest BCUT2D eigenvalue weighted by molar-refractivity contribution is 6.29. The van der Waals surface area contributed by atoms with Gasteiger partial charge in [-0.05, 0) is 12.1 Å². The molecule has 0 unspecified atom stereocenters. The van der Waals surface area contributed by atoms with Gasteiger partial charge in [0.1, 0.15) is 17.3 Å². The number of nitrogens with one attached hydrogen (secondary N) is 1. The number of aromatic nitrogens is 4. The Hall–Kier alpha value is -2.54. The van der Waals surface area contributed by atoms with E-state index in [1.165, 1.54) is 6.33 Å². The summed E-state index contributed by atoms with van der Waals surface area (Å²) in [6, 6.07) is 7.24. The molecule has 3 heterocycles. The second-order valence-corrected chi connectivity index (χ2v) is 4.52. The van der Waals surface area contributed by atoms with Crippen molar-refractivity contribution in [2.75, 3.05) is 12.1 Å². The van der Waals surface area contributed by atoms with Crippen molar-refractivity contribution < 1.29 is 9.47 Å². The second-order valence-electron chi connectivity index (χ2n) is 4.13. The predicted molar refractivity (Wildman–Crippen MR) is 71.6 cm³/mol. The van der Waals surface area contributed by atoms with E-state index in [4.69, 9.17) is 21.1 Å². The van der Waals surface area contributed by atoms with Crippen LogP contribution in [0.15, 0.2) is 30.6 Å². The monoisotopic (exact) mass is 289 g/mol. The lowest BCUT2D eigenvalue weighted by molar-refractivity contribution is 0.174. The van der Waals surface area contributed by atoms with Crippen LogP contribution in [0.4, 0.5) is 11.5 Å². The molecule has 0 radical (unpaired) electrons. The third-order valence-electron chi connectivity index (χ3n) is 2.87.